The molecule has 0 aliphatic heterocycles. The molecule has 32 heavy (non-hydrogen) atoms. The van der Waals surface area contributed by atoms with E-state index in [4.69, 9.17) is 0 Å². The second-order valence-corrected chi connectivity index (χ2v) is 10.9. The molecule has 0 rings (SSSR count). The molecule has 0 aromatic heterocycles. The highest BCUT2D eigenvalue weighted by molar-refractivity contribution is 7.76. The molecule has 0 aromatic rings. The van der Waals surface area contributed by atoms with Crippen molar-refractivity contribution in [2.75, 3.05) is 13.1 Å². The standard InChI is InChI=1S/C28H59NO2S/c1-3-5-7-9-11-13-15-17-19-21-23-25-27-29(32(30)31)28-26-24-22-20-18-16-14-12-10-8-6-4-2/h3-28H2,1-2H3,(H,30,31). The van der Waals surface area contributed by atoms with Gasteiger partial charge < -0.3 is 0 Å². The quantitative estimate of drug-likeness (QED) is 0.0952. The summed E-state index contributed by atoms with van der Waals surface area (Å²) in [5, 5.41) is 0. The van der Waals surface area contributed by atoms with Crippen LogP contribution in [0.15, 0.2) is 0 Å². The first-order valence-electron chi connectivity index (χ1n) is 14.6. The van der Waals surface area contributed by atoms with Crippen LogP contribution in [0.25, 0.3) is 0 Å². The highest BCUT2D eigenvalue weighted by atomic mass is 32.2. The molecule has 1 N–H and O–H groups in total. The number of hydrogen-bond donors (Lipinski definition) is 1. The Balaban J connectivity index is 3.42. The molecule has 0 saturated heterocycles. The Hall–Kier alpha value is 0.0700. The largest absolute Gasteiger partial charge is 0.294 e. The minimum absolute atomic E-state index is 0.776. The number of hydrogen-bond acceptors (Lipinski definition) is 1. The molecule has 1 atom stereocenters. The van der Waals surface area contributed by atoms with Gasteiger partial charge in [-0.3, -0.25) is 4.55 Å². The molecule has 0 bridgehead atoms. The van der Waals surface area contributed by atoms with Crippen molar-refractivity contribution in [1.82, 2.24) is 4.31 Å². The Bertz CT molecular complexity index is 350. The summed E-state index contributed by atoms with van der Waals surface area (Å²) in [4.78, 5) is 0. The Kier molecular flexibility index (Phi) is 27.4. The van der Waals surface area contributed by atoms with Gasteiger partial charge in [-0.1, -0.05) is 155 Å². The van der Waals surface area contributed by atoms with Crippen LogP contribution in [0.3, 0.4) is 0 Å². The Morgan fingerprint density at radius 3 is 0.875 bits per heavy atom. The van der Waals surface area contributed by atoms with E-state index < -0.39 is 11.3 Å². The summed E-state index contributed by atoms with van der Waals surface area (Å²) >= 11 is -1.80. The van der Waals surface area contributed by atoms with Gasteiger partial charge in [-0.05, 0) is 12.8 Å². The Morgan fingerprint density at radius 2 is 0.656 bits per heavy atom. The maximum atomic E-state index is 11.6. The average Bonchev–Trinajstić information content (AvgIpc) is 2.78. The van der Waals surface area contributed by atoms with Gasteiger partial charge in [0.05, 0.1) is 0 Å². The zero-order valence-corrected chi connectivity index (χ0v) is 22.9. The summed E-state index contributed by atoms with van der Waals surface area (Å²) in [6.07, 6.45) is 32.0. The lowest BCUT2D eigenvalue weighted by atomic mass is 10.1. The van der Waals surface area contributed by atoms with Crippen LogP contribution in [0.2, 0.25) is 0 Å². The van der Waals surface area contributed by atoms with E-state index in [9.17, 15) is 8.76 Å². The smallest absolute Gasteiger partial charge is 0.234 e. The number of nitrogens with zero attached hydrogens (tertiary/aromatic N) is 1. The molecule has 0 saturated carbocycles. The molecule has 3 nitrogen and oxygen atoms in total. The van der Waals surface area contributed by atoms with Crippen LogP contribution >= 0.6 is 0 Å². The minimum atomic E-state index is -1.80. The van der Waals surface area contributed by atoms with Gasteiger partial charge >= 0.3 is 0 Å². The maximum Gasteiger partial charge on any atom is 0.234 e. The van der Waals surface area contributed by atoms with Crippen LogP contribution in [0.4, 0.5) is 0 Å². The summed E-state index contributed by atoms with van der Waals surface area (Å²) in [6, 6.07) is 0. The first-order chi connectivity index (χ1) is 15.7. The SMILES string of the molecule is CCCCCCCCCCCCCCN(CCCCCCCCCCCCCC)S(=O)O. The van der Waals surface area contributed by atoms with Crippen LogP contribution in [0.5, 0.6) is 0 Å². The number of rotatable bonds is 27. The highest BCUT2D eigenvalue weighted by Gasteiger charge is 2.09. The van der Waals surface area contributed by atoms with Gasteiger partial charge in [0.2, 0.25) is 11.3 Å². The van der Waals surface area contributed by atoms with Gasteiger partial charge in [0, 0.05) is 13.1 Å². The van der Waals surface area contributed by atoms with Crippen molar-refractivity contribution >= 4 is 11.3 Å². The van der Waals surface area contributed by atoms with E-state index in [0.717, 1.165) is 25.9 Å². The van der Waals surface area contributed by atoms with E-state index in [2.05, 4.69) is 13.8 Å². The summed E-state index contributed by atoms with van der Waals surface area (Å²) in [7, 11) is 0. The highest BCUT2D eigenvalue weighted by Crippen LogP contribution is 2.14. The predicted octanol–water partition coefficient (Wildman–Crippen LogP) is 9.83. The molecule has 194 valence electrons. The van der Waals surface area contributed by atoms with Crippen molar-refractivity contribution in [1.29, 1.82) is 0 Å². The second-order valence-electron chi connectivity index (χ2n) is 9.94. The van der Waals surface area contributed by atoms with Gasteiger partial charge in [-0.25, -0.2) is 8.51 Å². The summed E-state index contributed by atoms with van der Waals surface area (Å²) in [5.41, 5.74) is 0. The molecular weight excluding hydrogens is 414 g/mol. The molecular formula is C28H59NO2S. The van der Waals surface area contributed by atoms with Crippen molar-refractivity contribution in [2.45, 2.75) is 168 Å². The normalized spacial score (nSPS) is 12.6. The summed E-state index contributed by atoms with van der Waals surface area (Å²) in [6.45, 7) is 6.10. The lowest BCUT2D eigenvalue weighted by Crippen LogP contribution is -2.27. The van der Waals surface area contributed by atoms with Crippen LogP contribution in [0, 0.1) is 0 Å². The zero-order valence-electron chi connectivity index (χ0n) is 22.1. The maximum absolute atomic E-state index is 11.6. The van der Waals surface area contributed by atoms with Gasteiger partial charge in [0.15, 0.2) is 0 Å². The Labute approximate surface area is 205 Å². The van der Waals surface area contributed by atoms with Gasteiger partial charge in [-0.2, -0.15) is 0 Å². The minimum Gasteiger partial charge on any atom is -0.294 e. The average molecular weight is 474 g/mol. The topological polar surface area (TPSA) is 40.5 Å². The molecule has 4 heteroatoms. The molecule has 0 amide bonds. The van der Waals surface area contributed by atoms with Crippen molar-refractivity contribution in [3.05, 3.63) is 0 Å². The number of unbranched alkanes of at least 4 members (excludes halogenated alkanes) is 22. The van der Waals surface area contributed by atoms with E-state index in [1.165, 1.54) is 141 Å². The fourth-order valence-corrected chi connectivity index (χ4v) is 5.10. The molecule has 1 unspecified atom stereocenters. The summed E-state index contributed by atoms with van der Waals surface area (Å²) in [5.74, 6) is 0. The third-order valence-corrected chi connectivity index (χ3v) is 7.55. The zero-order chi connectivity index (χ0) is 23.5. The first kappa shape index (κ1) is 32.1. The first-order valence-corrected chi connectivity index (χ1v) is 15.6. The van der Waals surface area contributed by atoms with E-state index in [1.54, 1.807) is 4.31 Å². The third kappa shape index (κ3) is 24.7. The van der Waals surface area contributed by atoms with Crippen molar-refractivity contribution in [3.63, 3.8) is 0 Å². The Morgan fingerprint density at radius 1 is 0.438 bits per heavy atom. The molecule has 0 radical (unpaired) electrons. The molecule has 0 aliphatic carbocycles. The molecule has 0 spiro atoms. The van der Waals surface area contributed by atoms with Crippen LogP contribution < -0.4 is 0 Å². The van der Waals surface area contributed by atoms with E-state index in [-0.39, 0.29) is 0 Å². The van der Waals surface area contributed by atoms with Gasteiger partial charge in [0.1, 0.15) is 0 Å². The van der Waals surface area contributed by atoms with Crippen LogP contribution in [-0.4, -0.2) is 26.2 Å². The second kappa shape index (κ2) is 27.3. The lowest BCUT2D eigenvalue weighted by Gasteiger charge is -2.17. The van der Waals surface area contributed by atoms with Gasteiger partial charge in [-0.15, -0.1) is 0 Å². The molecule has 0 aromatic carbocycles. The fourth-order valence-electron chi connectivity index (χ4n) is 4.53. The van der Waals surface area contributed by atoms with E-state index in [0.29, 0.717) is 0 Å². The van der Waals surface area contributed by atoms with Crippen LogP contribution in [0.1, 0.15) is 168 Å². The van der Waals surface area contributed by atoms with Crippen molar-refractivity contribution in [2.24, 2.45) is 0 Å². The van der Waals surface area contributed by atoms with Crippen molar-refractivity contribution < 1.29 is 8.76 Å². The third-order valence-electron chi connectivity index (χ3n) is 6.74. The van der Waals surface area contributed by atoms with E-state index >= 15 is 0 Å². The monoisotopic (exact) mass is 473 g/mol. The fraction of sp³-hybridized carbons (Fsp3) is 1.00. The van der Waals surface area contributed by atoms with Gasteiger partial charge in [0.25, 0.3) is 0 Å². The molecule has 0 aliphatic rings. The predicted molar refractivity (Wildman–Crippen MR) is 145 cm³/mol. The van der Waals surface area contributed by atoms with Crippen LogP contribution in [-0.2, 0) is 11.3 Å². The lowest BCUT2D eigenvalue weighted by molar-refractivity contribution is 0.372. The molecule has 0 heterocycles. The molecule has 0 fully saturated rings. The van der Waals surface area contributed by atoms with Crippen molar-refractivity contribution in [3.8, 4) is 0 Å². The summed E-state index contributed by atoms with van der Waals surface area (Å²) < 4.78 is 22.9. The van der Waals surface area contributed by atoms with E-state index in [1.807, 2.05) is 0 Å².